The number of likely N-dealkylation sites (tertiary alicyclic amines) is 1. The normalized spacial score (nSPS) is 18.7. The molecule has 1 aromatic rings. The highest BCUT2D eigenvalue weighted by atomic mass is 32.1. The molecule has 0 N–H and O–H groups in total. The number of hydrogen-bond acceptors (Lipinski definition) is 4. The van der Waals surface area contributed by atoms with Crippen LogP contribution in [0, 0.1) is 5.92 Å². The van der Waals surface area contributed by atoms with Crippen molar-refractivity contribution in [3.8, 4) is 0 Å². The average molecular weight is 279 g/mol. The highest BCUT2D eigenvalue weighted by molar-refractivity contribution is 7.09. The number of azide groups is 1. The summed E-state index contributed by atoms with van der Waals surface area (Å²) in [6.07, 6.45) is 2.26. The molecule has 1 aliphatic rings. The third kappa shape index (κ3) is 3.68. The molecule has 1 unspecified atom stereocenters. The van der Waals surface area contributed by atoms with Gasteiger partial charge in [0, 0.05) is 42.8 Å². The first-order chi connectivity index (χ1) is 9.22. The Morgan fingerprint density at radius 3 is 3.21 bits per heavy atom. The van der Waals surface area contributed by atoms with Gasteiger partial charge in [-0.3, -0.25) is 4.79 Å². The van der Waals surface area contributed by atoms with Crippen molar-refractivity contribution in [3.05, 3.63) is 26.5 Å². The number of amides is 1. The molecule has 1 aromatic heterocycles. The first kappa shape index (κ1) is 13.8. The van der Waals surface area contributed by atoms with Crippen LogP contribution in [-0.4, -0.2) is 35.4 Å². The minimum atomic E-state index is 0.157. The zero-order valence-electron chi connectivity index (χ0n) is 10.9. The summed E-state index contributed by atoms with van der Waals surface area (Å²) in [4.78, 5) is 20.9. The van der Waals surface area contributed by atoms with Gasteiger partial charge in [0.15, 0.2) is 0 Å². The van der Waals surface area contributed by atoms with Gasteiger partial charge < -0.3 is 4.90 Å². The predicted molar refractivity (Wildman–Crippen MR) is 73.9 cm³/mol. The highest BCUT2D eigenvalue weighted by Gasteiger charge is 2.28. The van der Waals surface area contributed by atoms with Crippen LogP contribution in [0.5, 0.6) is 0 Å². The molecule has 1 amide bonds. The topological polar surface area (TPSA) is 82.0 Å². The Labute approximate surface area is 116 Å². The number of carbonyl (C=O) groups is 1. The van der Waals surface area contributed by atoms with Gasteiger partial charge in [-0.1, -0.05) is 12.0 Å². The molecular weight excluding hydrogens is 262 g/mol. The first-order valence-electron chi connectivity index (χ1n) is 6.44. The zero-order chi connectivity index (χ0) is 13.7. The fraction of sp³-hybridized carbons (Fsp3) is 0.667. The fourth-order valence-corrected chi connectivity index (χ4v) is 3.00. The quantitative estimate of drug-likeness (QED) is 0.455. The van der Waals surface area contributed by atoms with Crippen molar-refractivity contribution >= 4 is 17.2 Å². The van der Waals surface area contributed by atoms with Crippen molar-refractivity contribution < 1.29 is 4.79 Å². The number of hydrogen-bond donors (Lipinski definition) is 0. The molecule has 1 atom stereocenters. The number of thiazole rings is 1. The molecule has 0 radical (unpaired) electrons. The molecule has 1 fully saturated rings. The largest absolute Gasteiger partial charge is 0.342 e. The van der Waals surface area contributed by atoms with Crippen molar-refractivity contribution in [1.82, 2.24) is 9.88 Å². The van der Waals surface area contributed by atoms with E-state index in [9.17, 15) is 4.79 Å². The zero-order valence-corrected chi connectivity index (χ0v) is 11.8. The minimum absolute atomic E-state index is 0.157. The Bertz CT molecular complexity index is 494. The van der Waals surface area contributed by atoms with Gasteiger partial charge in [0.25, 0.3) is 0 Å². The average Bonchev–Trinajstić information content (AvgIpc) is 3.00. The van der Waals surface area contributed by atoms with Crippen LogP contribution in [0.1, 0.15) is 24.0 Å². The smallest absolute Gasteiger partial charge is 0.222 e. The van der Waals surface area contributed by atoms with Gasteiger partial charge in [0.2, 0.25) is 5.91 Å². The minimum Gasteiger partial charge on any atom is -0.342 e. The molecule has 0 aromatic carbocycles. The standard InChI is InChI=1S/C12H17N5OS/c1-2-11-15-10(8-19-11)3-4-17-7-9(5-12(17)18)6-14-16-13/h8-9H,2-7H2,1H3. The van der Waals surface area contributed by atoms with Crippen LogP contribution < -0.4 is 0 Å². The number of carbonyl (C=O) groups excluding carboxylic acids is 1. The maximum Gasteiger partial charge on any atom is 0.222 e. The molecule has 1 saturated heterocycles. The van der Waals surface area contributed by atoms with E-state index >= 15 is 0 Å². The summed E-state index contributed by atoms with van der Waals surface area (Å²) >= 11 is 1.67. The molecule has 0 saturated carbocycles. The van der Waals surface area contributed by atoms with Gasteiger partial charge in [0.05, 0.1) is 10.7 Å². The third-order valence-corrected chi connectivity index (χ3v) is 4.28. The van der Waals surface area contributed by atoms with Crippen LogP contribution in [0.25, 0.3) is 10.4 Å². The van der Waals surface area contributed by atoms with Gasteiger partial charge in [-0.2, -0.15) is 0 Å². The molecule has 2 heterocycles. The number of aromatic nitrogens is 1. The van der Waals surface area contributed by atoms with Crippen molar-refractivity contribution in [2.24, 2.45) is 11.0 Å². The third-order valence-electron chi connectivity index (χ3n) is 3.24. The van der Waals surface area contributed by atoms with E-state index in [-0.39, 0.29) is 11.8 Å². The summed E-state index contributed by atoms with van der Waals surface area (Å²) in [5.74, 6) is 0.328. The predicted octanol–water partition coefficient (Wildman–Crippen LogP) is 2.41. The maximum absolute atomic E-state index is 11.8. The SMILES string of the molecule is CCc1nc(CCN2CC(CN=[N+]=[N-])CC2=O)cs1. The number of rotatable bonds is 6. The lowest BCUT2D eigenvalue weighted by Crippen LogP contribution is -2.27. The van der Waals surface area contributed by atoms with E-state index in [2.05, 4.69) is 27.3 Å². The Balaban J connectivity index is 1.82. The maximum atomic E-state index is 11.8. The van der Waals surface area contributed by atoms with Gasteiger partial charge >= 0.3 is 0 Å². The van der Waals surface area contributed by atoms with Gasteiger partial charge in [-0.25, -0.2) is 4.98 Å². The van der Waals surface area contributed by atoms with Crippen molar-refractivity contribution in [3.63, 3.8) is 0 Å². The number of aryl methyl sites for hydroxylation is 1. The molecule has 7 heteroatoms. The Hall–Kier alpha value is -1.59. The van der Waals surface area contributed by atoms with E-state index < -0.39 is 0 Å². The first-order valence-corrected chi connectivity index (χ1v) is 7.32. The molecule has 0 bridgehead atoms. The van der Waals surface area contributed by atoms with E-state index in [1.54, 1.807) is 11.3 Å². The van der Waals surface area contributed by atoms with Crippen LogP contribution in [-0.2, 0) is 17.6 Å². The van der Waals surface area contributed by atoms with Crippen molar-refractivity contribution in [2.45, 2.75) is 26.2 Å². The van der Waals surface area contributed by atoms with Crippen molar-refractivity contribution in [2.75, 3.05) is 19.6 Å². The summed E-state index contributed by atoms with van der Waals surface area (Å²) in [5, 5.41) is 6.76. The van der Waals surface area contributed by atoms with E-state index in [0.29, 0.717) is 26.1 Å². The monoisotopic (exact) mass is 279 g/mol. The second-order valence-electron chi connectivity index (χ2n) is 4.66. The second kappa shape index (κ2) is 6.54. The molecule has 0 aliphatic carbocycles. The Morgan fingerprint density at radius 1 is 1.68 bits per heavy atom. The van der Waals surface area contributed by atoms with Crippen molar-refractivity contribution in [1.29, 1.82) is 0 Å². The lowest BCUT2D eigenvalue weighted by molar-refractivity contribution is -0.127. The molecule has 0 spiro atoms. The van der Waals surface area contributed by atoms with E-state index in [1.165, 1.54) is 0 Å². The lowest BCUT2D eigenvalue weighted by Gasteiger charge is -2.15. The summed E-state index contributed by atoms with van der Waals surface area (Å²) in [6.45, 7) is 3.91. The van der Waals surface area contributed by atoms with Crippen LogP contribution in [0.3, 0.4) is 0 Å². The summed E-state index contributed by atoms with van der Waals surface area (Å²) in [6, 6.07) is 0. The van der Waals surface area contributed by atoms with Crippen LogP contribution in [0.2, 0.25) is 0 Å². The Morgan fingerprint density at radius 2 is 2.53 bits per heavy atom. The summed E-state index contributed by atoms with van der Waals surface area (Å²) < 4.78 is 0. The Kier molecular flexibility index (Phi) is 4.76. The van der Waals surface area contributed by atoms with E-state index in [4.69, 9.17) is 5.53 Å². The molecule has 2 rings (SSSR count). The van der Waals surface area contributed by atoms with Crippen LogP contribution >= 0.6 is 11.3 Å². The van der Waals surface area contributed by atoms with E-state index in [0.717, 1.165) is 23.5 Å². The second-order valence-corrected chi connectivity index (χ2v) is 5.60. The van der Waals surface area contributed by atoms with E-state index in [1.807, 2.05) is 4.90 Å². The summed E-state index contributed by atoms with van der Waals surface area (Å²) in [7, 11) is 0. The van der Waals surface area contributed by atoms with Crippen LogP contribution in [0.15, 0.2) is 10.5 Å². The molecule has 102 valence electrons. The molecular formula is C12H17N5OS. The fourth-order valence-electron chi connectivity index (χ4n) is 2.22. The van der Waals surface area contributed by atoms with Crippen LogP contribution in [0.4, 0.5) is 0 Å². The highest BCUT2D eigenvalue weighted by Crippen LogP contribution is 2.19. The molecule has 6 nitrogen and oxygen atoms in total. The molecule has 1 aliphatic heterocycles. The van der Waals surface area contributed by atoms with Gasteiger partial charge in [-0.05, 0) is 17.9 Å². The molecule has 19 heavy (non-hydrogen) atoms. The van der Waals surface area contributed by atoms with Gasteiger partial charge in [-0.15, -0.1) is 11.3 Å². The summed E-state index contributed by atoms with van der Waals surface area (Å²) in [5.41, 5.74) is 9.35. The lowest BCUT2D eigenvalue weighted by atomic mass is 10.1. The number of nitrogens with zero attached hydrogens (tertiary/aromatic N) is 5. The van der Waals surface area contributed by atoms with Gasteiger partial charge in [0.1, 0.15) is 0 Å².